The second-order valence-electron chi connectivity index (χ2n) is 7.39. The highest BCUT2D eigenvalue weighted by atomic mass is 16.5. The van der Waals surface area contributed by atoms with Gasteiger partial charge in [0.2, 0.25) is 5.88 Å². The molecule has 4 aromatic rings. The van der Waals surface area contributed by atoms with E-state index in [1.807, 2.05) is 30.3 Å². The normalized spacial score (nSPS) is 14.6. The maximum atomic E-state index is 10.7. The second-order valence-corrected chi connectivity index (χ2v) is 7.39. The number of hydrogen-bond donors (Lipinski definition) is 1. The van der Waals surface area contributed by atoms with Gasteiger partial charge in [0.25, 0.3) is 0 Å². The first-order chi connectivity index (χ1) is 14.3. The van der Waals surface area contributed by atoms with E-state index < -0.39 is 0 Å². The van der Waals surface area contributed by atoms with Crippen LogP contribution < -0.4 is 4.74 Å². The molecule has 3 heterocycles. The molecule has 0 saturated carbocycles. The maximum Gasteiger partial charge on any atom is 0.219 e. The van der Waals surface area contributed by atoms with Crippen LogP contribution in [-0.2, 0) is 11.3 Å². The number of carbonyl (C=O) groups is 1. The summed E-state index contributed by atoms with van der Waals surface area (Å²) in [6, 6.07) is 18.2. The molecule has 0 atom stereocenters. The second kappa shape index (κ2) is 7.48. The number of H-pyrrole nitrogens is 1. The molecule has 1 aliphatic rings. The number of rotatable bonds is 6. The summed E-state index contributed by atoms with van der Waals surface area (Å²) in [4.78, 5) is 17.4. The standard InChI is InChI=1S/C23H20N4O2/c28-15-17-13-27(14-17)12-16-1-2-19-10-21(5-3-18(19)9-16)29-23-6-4-20(11-24-23)22-7-8-25-26-22/h1-11,15,17H,12-14H2,(H,25,26). The van der Waals surface area contributed by atoms with E-state index in [-0.39, 0.29) is 5.92 Å². The molecule has 1 aliphatic heterocycles. The first kappa shape index (κ1) is 17.6. The van der Waals surface area contributed by atoms with Crippen LogP contribution in [0.4, 0.5) is 0 Å². The number of pyridine rings is 1. The summed E-state index contributed by atoms with van der Waals surface area (Å²) in [5, 5.41) is 9.17. The van der Waals surface area contributed by atoms with Gasteiger partial charge in [-0.15, -0.1) is 0 Å². The fourth-order valence-electron chi connectivity index (χ4n) is 3.66. The van der Waals surface area contributed by atoms with Crippen molar-refractivity contribution in [2.45, 2.75) is 6.54 Å². The van der Waals surface area contributed by atoms with E-state index in [4.69, 9.17) is 4.74 Å². The van der Waals surface area contributed by atoms with E-state index >= 15 is 0 Å². The Bertz CT molecular complexity index is 1130. The minimum atomic E-state index is 0.206. The summed E-state index contributed by atoms with van der Waals surface area (Å²) in [6.45, 7) is 2.60. The average Bonchev–Trinajstić information content (AvgIpc) is 3.26. The zero-order valence-corrected chi connectivity index (χ0v) is 15.8. The number of aromatic nitrogens is 3. The zero-order valence-electron chi connectivity index (χ0n) is 15.8. The van der Waals surface area contributed by atoms with Crippen molar-refractivity contribution in [2.24, 2.45) is 5.92 Å². The number of benzene rings is 2. The third-order valence-corrected chi connectivity index (χ3v) is 5.23. The highest BCUT2D eigenvalue weighted by molar-refractivity contribution is 5.84. The molecule has 144 valence electrons. The fourth-order valence-corrected chi connectivity index (χ4v) is 3.66. The quantitative estimate of drug-likeness (QED) is 0.508. The van der Waals surface area contributed by atoms with Crippen LogP contribution in [0.3, 0.4) is 0 Å². The van der Waals surface area contributed by atoms with Gasteiger partial charge in [0, 0.05) is 49.6 Å². The smallest absolute Gasteiger partial charge is 0.219 e. The Morgan fingerprint density at radius 3 is 2.69 bits per heavy atom. The molecule has 6 nitrogen and oxygen atoms in total. The summed E-state index contributed by atoms with van der Waals surface area (Å²) in [6.07, 6.45) is 4.53. The van der Waals surface area contributed by atoms with E-state index in [9.17, 15) is 4.79 Å². The van der Waals surface area contributed by atoms with E-state index in [0.29, 0.717) is 5.88 Å². The topological polar surface area (TPSA) is 71.1 Å². The molecule has 0 amide bonds. The number of nitrogens with one attached hydrogen (secondary N) is 1. The summed E-state index contributed by atoms with van der Waals surface area (Å²) >= 11 is 0. The van der Waals surface area contributed by atoms with Gasteiger partial charge in [-0.25, -0.2) is 4.98 Å². The van der Waals surface area contributed by atoms with E-state index in [2.05, 4.69) is 44.3 Å². The number of ether oxygens (including phenoxy) is 1. The van der Waals surface area contributed by atoms with Gasteiger partial charge in [-0.1, -0.05) is 18.2 Å². The number of fused-ring (bicyclic) bond motifs is 1. The molecule has 1 saturated heterocycles. The molecule has 0 unspecified atom stereocenters. The lowest BCUT2D eigenvalue weighted by atomic mass is 10.00. The Kier molecular flexibility index (Phi) is 4.54. The maximum absolute atomic E-state index is 10.7. The molecule has 5 rings (SSSR count). The van der Waals surface area contributed by atoms with Crippen LogP contribution in [0.25, 0.3) is 22.0 Å². The number of carbonyl (C=O) groups excluding carboxylic acids is 1. The summed E-state index contributed by atoms with van der Waals surface area (Å²) in [7, 11) is 0. The van der Waals surface area contributed by atoms with E-state index in [1.54, 1.807) is 12.4 Å². The lowest BCUT2D eigenvalue weighted by Crippen LogP contribution is -2.46. The van der Waals surface area contributed by atoms with Crippen molar-refractivity contribution < 1.29 is 9.53 Å². The van der Waals surface area contributed by atoms with Crippen LogP contribution >= 0.6 is 0 Å². The van der Waals surface area contributed by atoms with Crippen molar-refractivity contribution in [2.75, 3.05) is 13.1 Å². The first-order valence-electron chi connectivity index (χ1n) is 9.61. The summed E-state index contributed by atoms with van der Waals surface area (Å²) < 4.78 is 5.93. The molecule has 1 fully saturated rings. The van der Waals surface area contributed by atoms with Crippen LogP contribution in [0.2, 0.25) is 0 Å². The SMILES string of the molecule is O=CC1CN(Cc2ccc3cc(Oc4ccc(-c5ccn[nH]5)cn4)ccc3c2)C1. The summed E-state index contributed by atoms with van der Waals surface area (Å²) in [5.74, 6) is 1.51. The molecule has 29 heavy (non-hydrogen) atoms. The molecule has 0 radical (unpaired) electrons. The Morgan fingerprint density at radius 1 is 1.07 bits per heavy atom. The van der Waals surface area contributed by atoms with Gasteiger partial charge in [0.15, 0.2) is 0 Å². The zero-order chi connectivity index (χ0) is 19.6. The molecular formula is C23H20N4O2. The van der Waals surface area contributed by atoms with Crippen LogP contribution in [0.5, 0.6) is 11.6 Å². The van der Waals surface area contributed by atoms with Crippen molar-refractivity contribution in [3.63, 3.8) is 0 Å². The third kappa shape index (κ3) is 3.75. The predicted octanol–water partition coefficient (Wildman–Crippen LogP) is 4.05. The van der Waals surface area contributed by atoms with Crippen LogP contribution in [0.1, 0.15) is 5.56 Å². The van der Waals surface area contributed by atoms with Gasteiger partial charge in [0.05, 0.1) is 5.69 Å². The molecule has 0 spiro atoms. The van der Waals surface area contributed by atoms with E-state index in [0.717, 1.165) is 48.3 Å². The monoisotopic (exact) mass is 384 g/mol. The first-order valence-corrected chi connectivity index (χ1v) is 9.61. The molecule has 2 aromatic carbocycles. The largest absolute Gasteiger partial charge is 0.439 e. The Labute approximate surface area is 168 Å². The van der Waals surface area contributed by atoms with Crippen LogP contribution in [0.15, 0.2) is 67.0 Å². The van der Waals surface area contributed by atoms with Crippen molar-refractivity contribution in [1.82, 2.24) is 20.1 Å². The summed E-state index contributed by atoms with van der Waals surface area (Å²) in [5.41, 5.74) is 3.14. The molecule has 0 aliphatic carbocycles. The fraction of sp³-hybridized carbons (Fsp3) is 0.174. The number of aromatic amines is 1. The highest BCUT2D eigenvalue weighted by Gasteiger charge is 2.25. The van der Waals surface area contributed by atoms with Gasteiger partial charge in [-0.2, -0.15) is 5.10 Å². The predicted molar refractivity (Wildman–Crippen MR) is 111 cm³/mol. The number of hydrogen-bond acceptors (Lipinski definition) is 5. The van der Waals surface area contributed by atoms with Gasteiger partial charge < -0.3 is 9.53 Å². The van der Waals surface area contributed by atoms with Crippen molar-refractivity contribution in [1.29, 1.82) is 0 Å². The third-order valence-electron chi connectivity index (χ3n) is 5.23. The molecule has 2 aromatic heterocycles. The van der Waals surface area contributed by atoms with Crippen molar-refractivity contribution in [3.8, 4) is 22.9 Å². The lowest BCUT2D eigenvalue weighted by Gasteiger charge is -2.36. The molecule has 1 N–H and O–H groups in total. The van der Waals surface area contributed by atoms with Gasteiger partial charge in [-0.05, 0) is 46.7 Å². The molecule has 6 heteroatoms. The minimum absolute atomic E-state index is 0.206. The Morgan fingerprint density at radius 2 is 1.93 bits per heavy atom. The molecule has 0 bridgehead atoms. The van der Waals surface area contributed by atoms with Gasteiger partial charge in [0.1, 0.15) is 12.0 Å². The Balaban J connectivity index is 1.28. The van der Waals surface area contributed by atoms with Crippen molar-refractivity contribution in [3.05, 3.63) is 72.6 Å². The van der Waals surface area contributed by atoms with E-state index in [1.165, 1.54) is 10.9 Å². The minimum Gasteiger partial charge on any atom is -0.439 e. The number of likely N-dealkylation sites (tertiary alicyclic amines) is 1. The lowest BCUT2D eigenvalue weighted by molar-refractivity contribution is -0.115. The average molecular weight is 384 g/mol. The van der Waals surface area contributed by atoms with Gasteiger partial charge in [-0.3, -0.25) is 10.00 Å². The van der Waals surface area contributed by atoms with Crippen LogP contribution in [-0.4, -0.2) is 39.5 Å². The number of nitrogens with zero attached hydrogens (tertiary/aromatic N) is 3. The number of aldehydes is 1. The van der Waals surface area contributed by atoms with Crippen molar-refractivity contribution >= 4 is 17.1 Å². The Hall–Kier alpha value is -3.51. The molecular weight excluding hydrogens is 364 g/mol. The van der Waals surface area contributed by atoms with Crippen LogP contribution in [0, 0.1) is 5.92 Å². The highest BCUT2D eigenvalue weighted by Crippen LogP contribution is 2.27. The van der Waals surface area contributed by atoms with Gasteiger partial charge >= 0.3 is 0 Å².